The molecule has 1 rings (SSSR count). The zero-order valence-electron chi connectivity index (χ0n) is 22.3. The normalized spacial score (nSPS) is 19.0. The first-order chi connectivity index (χ1) is 15.4. The highest BCUT2D eigenvalue weighted by molar-refractivity contribution is 6.00. The van der Waals surface area contributed by atoms with Gasteiger partial charge in [0, 0.05) is 17.9 Å². The molecule has 0 saturated carbocycles. The second-order valence-electron chi connectivity index (χ2n) is 10.8. The van der Waals surface area contributed by atoms with Crippen LogP contribution in [-0.2, 0) is 4.79 Å². The molecule has 0 fully saturated rings. The summed E-state index contributed by atoms with van der Waals surface area (Å²) in [4.78, 5) is 12.8. The minimum atomic E-state index is 0.0215. The molecule has 1 unspecified atom stereocenters. The molecule has 1 aliphatic carbocycles. The quantitative estimate of drug-likeness (QED) is 0.152. The third-order valence-electron chi connectivity index (χ3n) is 7.21. The minimum Gasteiger partial charge on any atom is -0.294 e. The Morgan fingerprint density at radius 2 is 1.22 bits per heavy atom. The Morgan fingerprint density at radius 1 is 0.750 bits per heavy atom. The van der Waals surface area contributed by atoms with Crippen molar-refractivity contribution in [1.29, 1.82) is 0 Å². The summed E-state index contributed by atoms with van der Waals surface area (Å²) < 4.78 is 0. The van der Waals surface area contributed by atoms with Crippen molar-refractivity contribution >= 4 is 5.78 Å². The van der Waals surface area contributed by atoms with Crippen LogP contribution >= 0.6 is 0 Å². The molecular formula is C31H54O. The summed E-state index contributed by atoms with van der Waals surface area (Å²) in [5.41, 5.74) is 2.28. The standard InChI is InChI=1S/C31H54O/c1-6-8-10-12-14-16-18-20-22-24-28-27(3)29(31(4,5)26-30(28)32)25-23-21-19-17-15-13-11-9-7-2/h22-25,29H,6-21,26H2,1-5H3. The van der Waals surface area contributed by atoms with E-state index < -0.39 is 0 Å². The van der Waals surface area contributed by atoms with E-state index in [0.717, 1.165) is 12.0 Å². The second kappa shape index (κ2) is 17.4. The number of unbranched alkanes of at least 4 members (excludes halogenated alkanes) is 14. The fourth-order valence-electron chi connectivity index (χ4n) is 5.09. The summed E-state index contributed by atoms with van der Waals surface area (Å²) in [6.07, 6.45) is 31.0. The van der Waals surface area contributed by atoms with Crippen molar-refractivity contribution in [2.24, 2.45) is 11.3 Å². The lowest BCUT2D eigenvalue weighted by atomic mass is 9.65. The number of carbonyl (C=O) groups is 1. The first-order valence-corrected chi connectivity index (χ1v) is 14.0. The number of carbonyl (C=O) groups excluding carboxylic acids is 1. The van der Waals surface area contributed by atoms with Gasteiger partial charge in [-0.25, -0.2) is 0 Å². The zero-order valence-corrected chi connectivity index (χ0v) is 22.3. The molecule has 1 heteroatoms. The van der Waals surface area contributed by atoms with Crippen molar-refractivity contribution in [3.63, 3.8) is 0 Å². The molecule has 32 heavy (non-hydrogen) atoms. The lowest BCUT2D eigenvalue weighted by Crippen LogP contribution is -2.33. The van der Waals surface area contributed by atoms with E-state index in [1.807, 2.05) is 0 Å². The van der Waals surface area contributed by atoms with E-state index in [0.29, 0.717) is 18.1 Å². The van der Waals surface area contributed by atoms with Crippen LogP contribution in [0.4, 0.5) is 0 Å². The number of ketones is 1. The SMILES string of the molecule is CCCCCCCCCC=CC1=C(C)C(C=CCCCCCCCCC)C(C)(C)CC1=O. The van der Waals surface area contributed by atoms with Gasteiger partial charge in [-0.15, -0.1) is 0 Å². The van der Waals surface area contributed by atoms with E-state index in [4.69, 9.17) is 0 Å². The summed E-state index contributed by atoms with van der Waals surface area (Å²) >= 11 is 0. The molecule has 1 nitrogen and oxygen atoms in total. The molecule has 0 aromatic carbocycles. The van der Waals surface area contributed by atoms with E-state index >= 15 is 0 Å². The van der Waals surface area contributed by atoms with Gasteiger partial charge in [-0.3, -0.25) is 4.79 Å². The van der Waals surface area contributed by atoms with Crippen LogP contribution < -0.4 is 0 Å². The average molecular weight is 443 g/mol. The van der Waals surface area contributed by atoms with Gasteiger partial charge >= 0.3 is 0 Å². The molecule has 0 heterocycles. The third kappa shape index (κ3) is 11.7. The Hall–Kier alpha value is -1.11. The maximum atomic E-state index is 12.8. The van der Waals surface area contributed by atoms with Crippen molar-refractivity contribution in [2.75, 3.05) is 0 Å². The van der Waals surface area contributed by atoms with Crippen molar-refractivity contribution in [2.45, 2.75) is 144 Å². The van der Waals surface area contributed by atoms with Gasteiger partial charge in [0.05, 0.1) is 0 Å². The molecule has 0 bridgehead atoms. The van der Waals surface area contributed by atoms with Gasteiger partial charge in [-0.05, 0) is 38.0 Å². The summed E-state index contributed by atoms with van der Waals surface area (Å²) in [7, 11) is 0. The molecule has 1 aliphatic rings. The van der Waals surface area contributed by atoms with E-state index in [1.165, 1.54) is 102 Å². The molecule has 0 radical (unpaired) electrons. The highest BCUT2D eigenvalue weighted by Crippen LogP contribution is 2.43. The molecule has 0 spiro atoms. The molecule has 0 saturated heterocycles. The fourth-order valence-corrected chi connectivity index (χ4v) is 5.09. The Labute approximate surface area is 201 Å². The predicted octanol–water partition coefficient (Wildman–Crippen LogP) is 10.3. The molecule has 0 N–H and O–H groups in total. The van der Waals surface area contributed by atoms with E-state index in [2.05, 4.69) is 58.9 Å². The Bertz CT molecular complexity index is 590. The van der Waals surface area contributed by atoms with Crippen molar-refractivity contribution in [1.82, 2.24) is 0 Å². The topological polar surface area (TPSA) is 17.1 Å². The fraction of sp³-hybridized carbons (Fsp3) is 0.774. The first kappa shape index (κ1) is 28.9. The van der Waals surface area contributed by atoms with Gasteiger partial charge in [0.1, 0.15) is 0 Å². The smallest absolute Gasteiger partial charge is 0.163 e. The van der Waals surface area contributed by atoms with Crippen LogP contribution in [0.5, 0.6) is 0 Å². The molecule has 0 aliphatic heterocycles. The van der Waals surface area contributed by atoms with E-state index in [9.17, 15) is 4.79 Å². The summed E-state index contributed by atoms with van der Waals surface area (Å²) in [5.74, 6) is 0.711. The minimum absolute atomic E-state index is 0.0215. The van der Waals surface area contributed by atoms with Crippen molar-refractivity contribution in [3.05, 3.63) is 35.5 Å². The van der Waals surface area contributed by atoms with Crippen LogP contribution in [0.15, 0.2) is 35.5 Å². The van der Waals surface area contributed by atoms with Crippen LogP contribution in [0.25, 0.3) is 0 Å². The van der Waals surface area contributed by atoms with Crippen LogP contribution in [0.2, 0.25) is 0 Å². The molecule has 1 atom stereocenters. The maximum absolute atomic E-state index is 12.8. The number of hydrogen-bond acceptors (Lipinski definition) is 1. The van der Waals surface area contributed by atoms with E-state index in [1.54, 1.807) is 0 Å². The summed E-state index contributed by atoms with van der Waals surface area (Å²) in [6, 6.07) is 0. The van der Waals surface area contributed by atoms with Gasteiger partial charge in [0.25, 0.3) is 0 Å². The Kier molecular flexibility index (Phi) is 15.7. The van der Waals surface area contributed by atoms with Gasteiger partial charge in [0.2, 0.25) is 0 Å². The highest BCUT2D eigenvalue weighted by Gasteiger charge is 2.37. The average Bonchev–Trinajstić information content (AvgIpc) is 2.74. The first-order valence-electron chi connectivity index (χ1n) is 14.0. The number of Topliss-reactive ketones (excluding diaryl/α,β-unsaturated/α-hetero) is 1. The third-order valence-corrected chi connectivity index (χ3v) is 7.21. The molecule has 184 valence electrons. The van der Waals surface area contributed by atoms with Gasteiger partial charge in [-0.2, -0.15) is 0 Å². The number of rotatable bonds is 18. The van der Waals surface area contributed by atoms with Gasteiger partial charge in [-0.1, -0.05) is 135 Å². The second-order valence-corrected chi connectivity index (χ2v) is 10.8. The molecule has 0 aromatic rings. The Balaban J connectivity index is 2.49. The Morgan fingerprint density at radius 3 is 1.75 bits per heavy atom. The molecule has 0 aromatic heterocycles. The van der Waals surface area contributed by atoms with Gasteiger partial charge < -0.3 is 0 Å². The number of allylic oxidation sites excluding steroid dienone is 6. The van der Waals surface area contributed by atoms with E-state index in [-0.39, 0.29) is 5.41 Å². The molecule has 0 amide bonds. The van der Waals surface area contributed by atoms with Crippen molar-refractivity contribution < 1.29 is 4.79 Å². The van der Waals surface area contributed by atoms with Crippen LogP contribution in [0, 0.1) is 11.3 Å². The predicted molar refractivity (Wildman–Crippen MR) is 143 cm³/mol. The lowest BCUT2D eigenvalue weighted by Gasteiger charge is -2.38. The summed E-state index contributed by atoms with van der Waals surface area (Å²) in [6.45, 7) is 11.3. The number of hydrogen-bond donors (Lipinski definition) is 0. The molecular weight excluding hydrogens is 388 g/mol. The monoisotopic (exact) mass is 442 g/mol. The van der Waals surface area contributed by atoms with Crippen LogP contribution in [0.3, 0.4) is 0 Å². The largest absolute Gasteiger partial charge is 0.294 e. The van der Waals surface area contributed by atoms with Crippen LogP contribution in [-0.4, -0.2) is 5.78 Å². The highest BCUT2D eigenvalue weighted by atomic mass is 16.1. The summed E-state index contributed by atoms with van der Waals surface area (Å²) in [5, 5.41) is 0. The maximum Gasteiger partial charge on any atom is 0.163 e. The van der Waals surface area contributed by atoms with Crippen molar-refractivity contribution in [3.8, 4) is 0 Å². The zero-order chi connectivity index (χ0) is 23.7. The van der Waals surface area contributed by atoms with Gasteiger partial charge in [0.15, 0.2) is 5.78 Å². The van der Waals surface area contributed by atoms with Crippen LogP contribution in [0.1, 0.15) is 144 Å². The lowest BCUT2D eigenvalue weighted by molar-refractivity contribution is -0.118.